The van der Waals surface area contributed by atoms with Crippen LogP contribution < -0.4 is 0 Å². The molecule has 0 atom stereocenters. The van der Waals surface area contributed by atoms with Gasteiger partial charge in [0.2, 0.25) is 0 Å². The maximum Gasteiger partial charge on any atom is 0.0841 e. The highest BCUT2D eigenvalue weighted by Crippen LogP contribution is 2.17. The summed E-state index contributed by atoms with van der Waals surface area (Å²) in [5, 5.41) is 0. The molecule has 0 fully saturated rings. The predicted octanol–water partition coefficient (Wildman–Crippen LogP) is 5.47. The Kier molecular flexibility index (Phi) is 13.2. The third-order valence-electron chi connectivity index (χ3n) is 5.45. The van der Waals surface area contributed by atoms with E-state index in [-0.39, 0.29) is 0 Å². The van der Waals surface area contributed by atoms with Gasteiger partial charge in [0, 0.05) is 6.42 Å². The van der Waals surface area contributed by atoms with Crippen LogP contribution in [0.2, 0.25) is 0 Å². The van der Waals surface area contributed by atoms with Gasteiger partial charge < -0.3 is 8.97 Å². The van der Waals surface area contributed by atoms with Crippen LogP contribution in [0, 0.1) is 0 Å². The number of nitrogens with zero attached hydrogens (tertiary/aromatic N) is 2. The Labute approximate surface area is 148 Å². The van der Waals surface area contributed by atoms with Gasteiger partial charge in [0.25, 0.3) is 0 Å². The van der Waals surface area contributed by atoms with E-state index in [0.29, 0.717) is 0 Å². The first kappa shape index (κ1) is 22.9. The van der Waals surface area contributed by atoms with Gasteiger partial charge in [-0.2, -0.15) is 0 Å². The highest BCUT2D eigenvalue weighted by Gasteiger charge is 2.28. The van der Waals surface area contributed by atoms with E-state index in [1.165, 1.54) is 106 Å². The molecule has 0 aromatic heterocycles. The van der Waals surface area contributed by atoms with Crippen LogP contribution in [0.1, 0.15) is 86.5 Å². The molecule has 0 unspecified atom stereocenters. The van der Waals surface area contributed by atoms with Crippen molar-refractivity contribution in [2.75, 3.05) is 52.4 Å². The number of rotatable bonds is 16. The summed E-state index contributed by atoms with van der Waals surface area (Å²) in [6.07, 6.45) is 9.41. The lowest BCUT2D eigenvalue weighted by molar-refractivity contribution is -0.946. The van der Waals surface area contributed by atoms with Crippen LogP contribution in [-0.4, -0.2) is 61.3 Å². The van der Waals surface area contributed by atoms with E-state index in [9.17, 15) is 0 Å². The molecule has 0 amide bonds. The second kappa shape index (κ2) is 13.2. The van der Waals surface area contributed by atoms with Gasteiger partial charge >= 0.3 is 0 Å². The minimum atomic E-state index is 1.33. The van der Waals surface area contributed by atoms with Gasteiger partial charge in [0.15, 0.2) is 0 Å². The monoisotopic (exact) mass is 328 g/mol. The Bertz CT molecular complexity index is 203. The minimum Gasteiger partial charge on any atom is -0.323 e. The van der Waals surface area contributed by atoms with E-state index >= 15 is 0 Å². The SMILES string of the molecule is CCC[N+](CCC)(CCC)CCC[N+](CCC)(CCC)CCC. The Morgan fingerprint density at radius 2 is 0.565 bits per heavy atom. The second-order valence-corrected chi connectivity index (χ2v) is 7.83. The van der Waals surface area contributed by atoms with Crippen molar-refractivity contribution in [3.63, 3.8) is 0 Å². The highest BCUT2D eigenvalue weighted by atomic mass is 15.4. The van der Waals surface area contributed by atoms with Crippen molar-refractivity contribution in [3.8, 4) is 0 Å². The molecule has 0 heterocycles. The predicted molar refractivity (Wildman–Crippen MR) is 106 cm³/mol. The Morgan fingerprint density at radius 1 is 0.348 bits per heavy atom. The summed E-state index contributed by atoms with van der Waals surface area (Å²) in [6.45, 7) is 25.3. The normalized spacial score (nSPS) is 12.8. The molecular formula is C21H48N2+2. The van der Waals surface area contributed by atoms with Crippen molar-refractivity contribution in [2.45, 2.75) is 86.5 Å². The third-order valence-corrected chi connectivity index (χ3v) is 5.45. The van der Waals surface area contributed by atoms with Gasteiger partial charge in [-0.3, -0.25) is 0 Å². The molecule has 0 rings (SSSR count). The fourth-order valence-electron chi connectivity index (χ4n) is 4.93. The van der Waals surface area contributed by atoms with Gasteiger partial charge in [0.05, 0.1) is 52.4 Å². The van der Waals surface area contributed by atoms with Crippen LogP contribution in [0.25, 0.3) is 0 Å². The maximum atomic E-state index is 2.37. The molecule has 0 aromatic carbocycles. The summed E-state index contributed by atoms with van der Waals surface area (Å²) in [6, 6.07) is 0. The summed E-state index contributed by atoms with van der Waals surface area (Å²) < 4.78 is 2.77. The Balaban J connectivity index is 4.82. The van der Waals surface area contributed by atoms with Crippen LogP contribution >= 0.6 is 0 Å². The summed E-state index contributed by atoms with van der Waals surface area (Å²) in [7, 11) is 0. The number of hydrogen-bond donors (Lipinski definition) is 0. The first-order valence-electron chi connectivity index (χ1n) is 10.8. The quantitative estimate of drug-likeness (QED) is 0.330. The average Bonchev–Trinajstić information content (AvgIpc) is 2.49. The highest BCUT2D eigenvalue weighted by molar-refractivity contribution is 4.50. The van der Waals surface area contributed by atoms with Crippen molar-refractivity contribution < 1.29 is 8.97 Å². The van der Waals surface area contributed by atoms with Gasteiger partial charge in [-0.25, -0.2) is 0 Å². The smallest absolute Gasteiger partial charge is 0.0841 e. The van der Waals surface area contributed by atoms with Crippen LogP contribution in [-0.2, 0) is 0 Å². The van der Waals surface area contributed by atoms with Crippen molar-refractivity contribution >= 4 is 0 Å². The lowest BCUT2D eigenvalue weighted by Crippen LogP contribution is -2.54. The summed E-state index contributed by atoms with van der Waals surface area (Å²) in [5.74, 6) is 0. The molecule has 0 aliphatic rings. The molecule has 2 nitrogen and oxygen atoms in total. The second-order valence-electron chi connectivity index (χ2n) is 7.83. The molecule has 0 spiro atoms. The molecule has 0 aliphatic carbocycles. The molecule has 0 bridgehead atoms. The zero-order valence-electron chi connectivity index (χ0n) is 17.5. The summed E-state index contributed by atoms with van der Waals surface area (Å²) >= 11 is 0. The third kappa shape index (κ3) is 8.54. The van der Waals surface area contributed by atoms with Gasteiger partial charge in [0.1, 0.15) is 0 Å². The van der Waals surface area contributed by atoms with Crippen LogP contribution in [0.15, 0.2) is 0 Å². The molecule has 0 aromatic rings. The largest absolute Gasteiger partial charge is 0.323 e. The van der Waals surface area contributed by atoms with E-state index in [4.69, 9.17) is 0 Å². The van der Waals surface area contributed by atoms with E-state index in [2.05, 4.69) is 41.5 Å². The van der Waals surface area contributed by atoms with Crippen molar-refractivity contribution in [1.29, 1.82) is 0 Å². The minimum absolute atomic E-state index is 1.33. The summed E-state index contributed by atoms with van der Waals surface area (Å²) in [5.41, 5.74) is 0. The lowest BCUT2D eigenvalue weighted by atomic mass is 10.1. The number of quaternary nitrogens is 2. The van der Waals surface area contributed by atoms with E-state index in [1.807, 2.05) is 0 Å². The lowest BCUT2D eigenvalue weighted by Gasteiger charge is -2.42. The fraction of sp³-hybridized carbons (Fsp3) is 1.00. The molecule has 0 aliphatic heterocycles. The van der Waals surface area contributed by atoms with Gasteiger partial charge in [-0.15, -0.1) is 0 Å². The van der Waals surface area contributed by atoms with E-state index in [1.54, 1.807) is 0 Å². The Morgan fingerprint density at radius 3 is 0.739 bits per heavy atom. The van der Waals surface area contributed by atoms with E-state index in [0.717, 1.165) is 0 Å². The molecule has 2 heteroatoms. The first-order chi connectivity index (χ1) is 11.1. The van der Waals surface area contributed by atoms with Crippen LogP contribution in [0.5, 0.6) is 0 Å². The zero-order valence-corrected chi connectivity index (χ0v) is 17.5. The molecule has 23 heavy (non-hydrogen) atoms. The molecule has 0 saturated carbocycles. The van der Waals surface area contributed by atoms with Gasteiger partial charge in [-0.05, 0) is 38.5 Å². The van der Waals surface area contributed by atoms with Gasteiger partial charge in [-0.1, -0.05) is 41.5 Å². The van der Waals surface area contributed by atoms with Crippen molar-refractivity contribution in [2.24, 2.45) is 0 Å². The van der Waals surface area contributed by atoms with Crippen LogP contribution in [0.3, 0.4) is 0 Å². The maximum absolute atomic E-state index is 2.37. The standard InChI is InChI=1S/C21H48N2/c1-7-14-22(15-8-2,16-9-3)20-13-21-23(17-10-4,18-11-5)19-12-6/h7-21H2,1-6H3/q+2. The molecule has 0 saturated heterocycles. The fourth-order valence-corrected chi connectivity index (χ4v) is 4.93. The molecular weight excluding hydrogens is 280 g/mol. The first-order valence-corrected chi connectivity index (χ1v) is 10.8. The van der Waals surface area contributed by atoms with Crippen LogP contribution in [0.4, 0.5) is 0 Å². The molecule has 0 N–H and O–H groups in total. The average molecular weight is 329 g/mol. The molecule has 140 valence electrons. The zero-order chi connectivity index (χ0) is 17.6. The summed E-state index contributed by atoms with van der Waals surface area (Å²) in [4.78, 5) is 0. The number of hydrogen-bond acceptors (Lipinski definition) is 0. The topological polar surface area (TPSA) is 0 Å². The van der Waals surface area contributed by atoms with E-state index < -0.39 is 0 Å². The Hall–Kier alpha value is -0.0800. The van der Waals surface area contributed by atoms with Crippen molar-refractivity contribution in [1.82, 2.24) is 0 Å². The molecule has 0 radical (unpaired) electrons. The van der Waals surface area contributed by atoms with Crippen molar-refractivity contribution in [3.05, 3.63) is 0 Å².